The van der Waals surface area contributed by atoms with Crippen LogP contribution >= 0.6 is 24.0 Å². The van der Waals surface area contributed by atoms with Crippen molar-refractivity contribution in [2.75, 3.05) is 72.8 Å². The van der Waals surface area contributed by atoms with Crippen LogP contribution in [0.25, 0.3) is 0 Å². The van der Waals surface area contributed by atoms with Crippen LogP contribution < -0.4 is 5.32 Å². The van der Waals surface area contributed by atoms with E-state index >= 15 is 0 Å². The highest BCUT2D eigenvalue weighted by molar-refractivity contribution is 14.0. The predicted molar refractivity (Wildman–Crippen MR) is 109 cm³/mol. The number of rotatable bonds is 4. The van der Waals surface area contributed by atoms with Crippen molar-refractivity contribution in [3.05, 3.63) is 0 Å². The molecule has 0 bridgehead atoms. The minimum absolute atomic E-state index is 0. The molecule has 0 aromatic rings. The van der Waals surface area contributed by atoms with E-state index in [1.807, 2.05) is 7.05 Å². The molecule has 1 atom stereocenters. The minimum atomic E-state index is -0.0719. The maximum absolute atomic E-state index is 9.84. The van der Waals surface area contributed by atoms with Crippen molar-refractivity contribution in [1.29, 1.82) is 0 Å². The lowest BCUT2D eigenvalue weighted by molar-refractivity contribution is -0.0134. The average Bonchev–Trinajstić information content (AvgIpc) is 3.14. The zero-order valence-corrected chi connectivity index (χ0v) is 17.6. The Balaban J connectivity index is 0.00000225. The molecule has 0 aliphatic carbocycles. The van der Waals surface area contributed by atoms with Crippen LogP contribution in [0.15, 0.2) is 4.99 Å². The van der Waals surface area contributed by atoms with Gasteiger partial charge in [-0.1, -0.05) is 0 Å². The van der Waals surface area contributed by atoms with E-state index in [-0.39, 0.29) is 36.0 Å². The number of aliphatic hydroxyl groups is 1. The molecule has 0 saturated carbocycles. The van der Waals surface area contributed by atoms with Crippen molar-refractivity contribution in [2.24, 2.45) is 10.4 Å². The van der Waals surface area contributed by atoms with Gasteiger partial charge in [-0.3, -0.25) is 9.89 Å². The minimum Gasteiger partial charge on any atom is -0.396 e. The third kappa shape index (κ3) is 5.41. The van der Waals surface area contributed by atoms with E-state index in [1.165, 1.54) is 6.42 Å². The number of nitrogens with one attached hydrogen (secondary N) is 1. The summed E-state index contributed by atoms with van der Waals surface area (Å²) < 4.78 is 10.9. The van der Waals surface area contributed by atoms with Gasteiger partial charge in [-0.25, -0.2) is 0 Å². The summed E-state index contributed by atoms with van der Waals surface area (Å²) in [6, 6.07) is 0.599. The molecule has 0 radical (unpaired) electrons. The second-order valence-electron chi connectivity index (χ2n) is 7.21. The molecule has 3 fully saturated rings. The zero-order chi connectivity index (χ0) is 16.8. The summed E-state index contributed by atoms with van der Waals surface area (Å²) in [5.41, 5.74) is -0.0719. The molecule has 7 nitrogen and oxygen atoms in total. The summed E-state index contributed by atoms with van der Waals surface area (Å²) in [4.78, 5) is 9.37. The summed E-state index contributed by atoms with van der Waals surface area (Å²) in [6.07, 6.45) is 2.99. The number of aliphatic hydroxyl groups excluding tert-OH is 1. The second-order valence-corrected chi connectivity index (χ2v) is 7.21. The number of halogens is 1. The van der Waals surface area contributed by atoms with Crippen molar-refractivity contribution in [3.63, 3.8) is 0 Å². The Labute approximate surface area is 168 Å². The van der Waals surface area contributed by atoms with Gasteiger partial charge in [-0.2, -0.15) is 0 Å². The summed E-state index contributed by atoms with van der Waals surface area (Å²) in [5.74, 6) is 0.963. The Kier molecular flexibility index (Phi) is 8.67. The Morgan fingerprint density at radius 1 is 1.16 bits per heavy atom. The van der Waals surface area contributed by atoms with Crippen molar-refractivity contribution < 1.29 is 14.6 Å². The van der Waals surface area contributed by atoms with Gasteiger partial charge in [0, 0.05) is 64.4 Å². The SMILES string of the molecule is CN=C(NCC1(CO)CCOCC1)N1CCC(N2CCOCC2)C1.I. The lowest BCUT2D eigenvalue weighted by atomic mass is 9.81. The van der Waals surface area contributed by atoms with Gasteiger partial charge in [0.1, 0.15) is 0 Å². The molecule has 3 rings (SSSR count). The highest BCUT2D eigenvalue weighted by Gasteiger charge is 2.34. The molecular formula is C17H33IN4O3. The number of hydrogen-bond donors (Lipinski definition) is 2. The van der Waals surface area contributed by atoms with Crippen LogP contribution in [-0.2, 0) is 9.47 Å². The van der Waals surface area contributed by atoms with E-state index in [0.29, 0.717) is 6.04 Å². The fourth-order valence-corrected chi connectivity index (χ4v) is 3.97. The molecule has 25 heavy (non-hydrogen) atoms. The van der Waals surface area contributed by atoms with Crippen LogP contribution in [0.2, 0.25) is 0 Å². The lowest BCUT2D eigenvalue weighted by Crippen LogP contribution is -2.49. The molecule has 0 aromatic heterocycles. The van der Waals surface area contributed by atoms with E-state index in [1.54, 1.807) is 0 Å². The van der Waals surface area contributed by atoms with Crippen molar-refractivity contribution in [2.45, 2.75) is 25.3 Å². The molecule has 3 heterocycles. The van der Waals surface area contributed by atoms with Crippen LogP contribution in [0, 0.1) is 5.41 Å². The number of guanidine groups is 1. The average molecular weight is 468 g/mol. The van der Waals surface area contributed by atoms with E-state index in [9.17, 15) is 5.11 Å². The van der Waals surface area contributed by atoms with Crippen LogP contribution in [0.1, 0.15) is 19.3 Å². The standard InChI is InChI=1S/C17H32N4O3.HI/c1-18-16(19-13-17(14-22)3-8-23-9-4-17)21-5-2-15(12-21)20-6-10-24-11-7-20;/h15,22H,2-14H2,1H3,(H,18,19);1H. The molecule has 0 amide bonds. The quantitative estimate of drug-likeness (QED) is 0.353. The molecule has 0 spiro atoms. The fraction of sp³-hybridized carbons (Fsp3) is 0.941. The second kappa shape index (κ2) is 10.2. The van der Waals surface area contributed by atoms with Crippen LogP contribution in [0.5, 0.6) is 0 Å². The maximum Gasteiger partial charge on any atom is 0.193 e. The highest BCUT2D eigenvalue weighted by atomic mass is 127. The first-order chi connectivity index (χ1) is 11.8. The molecule has 3 aliphatic rings. The summed E-state index contributed by atoms with van der Waals surface area (Å²) in [5, 5.41) is 13.4. The summed E-state index contributed by atoms with van der Waals surface area (Å²) in [7, 11) is 1.85. The molecule has 1 unspecified atom stereocenters. The third-order valence-corrected chi connectivity index (χ3v) is 5.75. The molecule has 146 valence electrons. The zero-order valence-electron chi connectivity index (χ0n) is 15.3. The topological polar surface area (TPSA) is 69.6 Å². The van der Waals surface area contributed by atoms with Crippen molar-refractivity contribution >= 4 is 29.9 Å². The molecule has 0 aromatic carbocycles. The van der Waals surface area contributed by atoms with Gasteiger partial charge in [0.15, 0.2) is 5.96 Å². The molecule has 3 aliphatic heterocycles. The van der Waals surface area contributed by atoms with Crippen LogP contribution in [-0.4, -0.2) is 99.7 Å². The molecule has 8 heteroatoms. The van der Waals surface area contributed by atoms with Gasteiger partial charge in [-0.05, 0) is 19.3 Å². The third-order valence-electron chi connectivity index (χ3n) is 5.75. The maximum atomic E-state index is 9.84. The number of morpholine rings is 1. The predicted octanol–water partition coefficient (Wildman–Crippen LogP) is 0.375. The van der Waals surface area contributed by atoms with Gasteiger partial charge in [-0.15, -0.1) is 24.0 Å². The molecule has 2 N–H and O–H groups in total. The Bertz CT molecular complexity index is 426. The first-order valence-corrected chi connectivity index (χ1v) is 9.22. The number of aliphatic imine (C=N–C) groups is 1. The smallest absolute Gasteiger partial charge is 0.193 e. The van der Waals surface area contributed by atoms with Gasteiger partial charge in [0.05, 0.1) is 19.8 Å². The van der Waals surface area contributed by atoms with E-state index in [4.69, 9.17) is 9.47 Å². The lowest BCUT2D eigenvalue weighted by Gasteiger charge is -2.37. The monoisotopic (exact) mass is 468 g/mol. The Morgan fingerprint density at radius 2 is 1.84 bits per heavy atom. The fourth-order valence-electron chi connectivity index (χ4n) is 3.97. The summed E-state index contributed by atoms with van der Waals surface area (Å²) >= 11 is 0. The highest BCUT2D eigenvalue weighted by Crippen LogP contribution is 2.29. The van der Waals surface area contributed by atoms with Gasteiger partial charge >= 0.3 is 0 Å². The Hall–Kier alpha value is -0.160. The van der Waals surface area contributed by atoms with E-state index < -0.39 is 0 Å². The molecule has 3 saturated heterocycles. The van der Waals surface area contributed by atoms with Gasteiger partial charge < -0.3 is 24.8 Å². The number of ether oxygens (including phenoxy) is 2. The van der Waals surface area contributed by atoms with Gasteiger partial charge in [0.25, 0.3) is 0 Å². The number of hydrogen-bond acceptors (Lipinski definition) is 5. The largest absolute Gasteiger partial charge is 0.396 e. The normalized spacial score (nSPS) is 27.8. The van der Waals surface area contributed by atoms with Gasteiger partial charge in [0.2, 0.25) is 0 Å². The number of nitrogens with zero attached hydrogens (tertiary/aromatic N) is 3. The number of likely N-dealkylation sites (tertiary alicyclic amines) is 1. The first-order valence-electron chi connectivity index (χ1n) is 9.22. The van der Waals surface area contributed by atoms with Crippen LogP contribution in [0.4, 0.5) is 0 Å². The van der Waals surface area contributed by atoms with E-state index in [2.05, 4.69) is 20.1 Å². The van der Waals surface area contributed by atoms with Crippen molar-refractivity contribution in [3.8, 4) is 0 Å². The van der Waals surface area contributed by atoms with Crippen molar-refractivity contribution in [1.82, 2.24) is 15.1 Å². The van der Waals surface area contributed by atoms with E-state index in [0.717, 1.165) is 78.0 Å². The molecular weight excluding hydrogens is 435 g/mol. The Morgan fingerprint density at radius 3 is 2.48 bits per heavy atom. The first kappa shape index (κ1) is 21.1. The summed E-state index contributed by atoms with van der Waals surface area (Å²) in [6.45, 7) is 8.29. The van der Waals surface area contributed by atoms with Crippen LogP contribution in [0.3, 0.4) is 0 Å².